The third-order valence-corrected chi connectivity index (χ3v) is 2.84. The van der Waals surface area contributed by atoms with Crippen LogP contribution in [-0.4, -0.2) is 34.5 Å². The van der Waals surface area contributed by atoms with E-state index in [-0.39, 0.29) is 10.7 Å². The van der Waals surface area contributed by atoms with Crippen molar-refractivity contribution in [1.82, 2.24) is 24.9 Å². The predicted octanol–water partition coefficient (Wildman–Crippen LogP) is -1.06. The van der Waals surface area contributed by atoms with Gasteiger partial charge >= 0.3 is 0 Å². The van der Waals surface area contributed by atoms with Gasteiger partial charge in [-0.25, -0.2) is 17.8 Å². The fourth-order valence-electron chi connectivity index (χ4n) is 0.705. The SMILES string of the molecule is C=C(C)C(=O)NS(=O)(=O)Cn1nnnc1S. The number of rotatable bonds is 4. The van der Waals surface area contributed by atoms with Crippen LogP contribution in [-0.2, 0) is 20.7 Å². The Bertz CT molecular complexity index is 520. The molecule has 1 amide bonds. The average Bonchev–Trinajstić information content (AvgIpc) is 2.50. The maximum absolute atomic E-state index is 11.4. The van der Waals surface area contributed by atoms with Crippen LogP contribution in [0.3, 0.4) is 0 Å². The number of nitrogens with one attached hydrogen (secondary N) is 1. The minimum atomic E-state index is -3.86. The number of carbonyl (C=O) groups is 1. The Morgan fingerprint density at radius 2 is 2.25 bits per heavy atom. The number of aromatic nitrogens is 4. The van der Waals surface area contributed by atoms with Gasteiger partial charge in [-0.3, -0.25) is 4.79 Å². The van der Waals surface area contributed by atoms with Crippen molar-refractivity contribution in [3.63, 3.8) is 0 Å². The number of hydrogen-bond donors (Lipinski definition) is 2. The summed E-state index contributed by atoms with van der Waals surface area (Å²) in [7, 11) is -3.86. The van der Waals surface area contributed by atoms with Gasteiger partial charge in [0.25, 0.3) is 15.9 Å². The Morgan fingerprint density at radius 1 is 1.62 bits per heavy atom. The van der Waals surface area contributed by atoms with E-state index in [9.17, 15) is 13.2 Å². The van der Waals surface area contributed by atoms with Crippen molar-refractivity contribution in [1.29, 1.82) is 0 Å². The van der Waals surface area contributed by atoms with Gasteiger partial charge in [-0.15, -0.1) is 17.7 Å². The number of carbonyl (C=O) groups excluding carboxylic acids is 1. The molecule has 0 bridgehead atoms. The first-order valence-corrected chi connectivity index (χ1v) is 6.07. The quantitative estimate of drug-likeness (QED) is 0.530. The summed E-state index contributed by atoms with van der Waals surface area (Å²) in [6, 6.07) is 0. The van der Waals surface area contributed by atoms with Gasteiger partial charge in [-0.05, 0) is 17.4 Å². The lowest BCUT2D eigenvalue weighted by Crippen LogP contribution is -2.33. The van der Waals surface area contributed by atoms with Gasteiger partial charge in [-0.1, -0.05) is 6.58 Å². The molecular weight excluding hydrogens is 254 g/mol. The second-order valence-electron chi connectivity index (χ2n) is 2.93. The topological polar surface area (TPSA) is 107 Å². The van der Waals surface area contributed by atoms with Crippen LogP contribution in [0.5, 0.6) is 0 Å². The van der Waals surface area contributed by atoms with E-state index < -0.39 is 21.8 Å². The number of nitrogens with zero attached hydrogens (tertiary/aromatic N) is 4. The molecule has 1 rings (SSSR count). The van der Waals surface area contributed by atoms with Gasteiger partial charge in [0.2, 0.25) is 5.16 Å². The van der Waals surface area contributed by atoms with Crippen LogP contribution in [0, 0.1) is 0 Å². The number of amides is 1. The van der Waals surface area contributed by atoms with Crippen molar-refractivity contribution in [2.75, 3.05) is 0 Å². The lowest BCUT2D eigenvalue weighted by atomic mass is 10.3. The molecule has 1 heterocycles. The fraction of sp³-hybridized carbons (Fsp3) is 0.333. The first-order chi connectivity index (χ1) is 7.32. The molecule has 0 aliphatic rings. The van der Waals surface area contributed by atoms with Crippen LogP contribution in [0.1, 0.15) is 6.92 Å². The maximum Gasteiger partial charge on any atom is 0.259 e. The van der Waals surface area contributed by atoms with E-state index >= 15 is 0 Å². The Balaban J connectivity index is 2.77. The van der Waals surface area contributed by atoms with Crippen LogP contribution in [0.4, 0.5) is 0 Å². The van der Waals surface area contributed by atoms with Crippen molar-refractivity contribution in [2.24, 2.45) is 0 Å². The van der Waals surface area contributed by atoms with Crippen LogP contribution in [0.25, 0.3) is 0 Å². The summed E-state index contributed by atoms with van der Waals surface area (Å²) in [5.74, 6) is -1.36. The highest BCUT2D eigenvalue weighted by atomic mass is 32.2. The molecular formula is C6H9N5O3S2. The molecule has 0 fully saturated rings. The van der Waals surface area contributed by atoms with E-state index in [1.807, 2.05) is 0 Å². The highest BCUT2D eigenvalue weighted by Crippen LogP contribution is 2.00. The fourth-order valence-corrected chi connectivity index (χ4v) is 1.97. The largest absolute Gasteiger partial charge is 0.269 e. The monoisotopic (exact) mass is 263 g/mol. The van der Waals surface area contributed by atoms with Crippen LogP contribution in [0.2, 0.25) is 0 Å². The van der Waals surface area contributed by atoms with Crippen LogP contribution in [0.15, 0.2) is 17.3 Å². The predicted molar refractivity (Wildman–Crippen MR) is 56.9 cm³/mol. The van der Waals surface area contributed by atoms with Crippen molar-refractivity contribution in [2.45, 2.75) is 18.0 Å². The zero-order valence-electron chi connectivity index (χ0n) is 8.28. The summed E-state index contributed by atoms with van der Waals surface area (Å²) in [6.07, 6.45) is 0. The molecule has 0 spiro atoms. The normalized spacial score (nSPS) is 11.1. The van der Waals surface area contributed by atoms with Crippen LogP contribution >= 0.6 is 12.6 Å². The Labute approximate surface area is 97.2 Å². The van der Waals surface area contributed by atoms with Crippen molar-refractivity contribution in [3.05, 3.63) is 12.2 Å². The zero-order chi connectivity index (χ0) is 12.3. The van der Waals surface area contributed by atoms with Gasteiger partial charge in [0.1, 0.15) is 0 Å². The van der Waals surface area contributed by atoms with Crippen molar-refractivity contribution in [3.8, 4) is 0 Å². The van der Waals surface area contributed by atoms with E-state index in [2.05, 4.69) is 34.7 Å². The molecule has 88 valence electrons. The summed E-state index contributed by atoms with van der Waals surface area (Å²) < 4.78 is 25.6. The third kappa shape index (κ3) is 3.31. The molecule has 0 atom stereocenters. The molecule has 1 aromatic heterocycles. The van der Waals surface area contributed by atoms with Crippen molar-refractivity contribution < 1.29 is 13.2 Å². The molecule has 0 unspecified atom stereocenters. The van der Waals surface area contributed by atoms with Crippen LogP contribution < -0.4 is 4.72 Å². The number of thiol groups is 1. The molecule has 0 aliphatic heterocycles. The molecule has 8 nitrogen and oxygen atoms in total. The summed E-state index contributed by atoms with van der Waals surface area (Å²) in [6.45, 7) is 4.71. The molecule has 0 radical (unpaired) electrons. The Hall–Kier alpha value is -1.42. The number of tetrazole rings is 1. The van der Waals surface area contributed by atoms with Gasteiger partial charge in [0, 0.05) is 5.57 Å². The summed E-state index contributed by atoms with van der Waals surface area (Å²) in [5, 5.41) is 10.0. The highest BCUT2D eigenvalue weighted by molar-refractivity contribution is 7.89. The lowest BCUT2D eigenvalue weighted by molar-refractivity contribution is -0.115. The first kappa shape index (κ1) is 12.6. The van der Waals surface area contributed by atoms with Gasteiger partial charge in [0.05, 0.1) is 0 Å². The molecule has 0 aliphatic carbocycles. The molecule has 0 saturated carbocycles. The third-order valence-electron chi connectivity index (χ3n) is 1.44. The summed E-state index contributed by atoms with van der Waals surface area (Å²) >= 11 is 3.82. The zero-order valence-corrected chi connectivity index (χ0v) is 9.99. The van der Waals surface area contributed by atoms with E-state index in [4.69, 9.17) is 0 Å². The molecule has 0 aromatic carbocycles. The Morgan fingerprint density at radius 3 is 2.69 bits per heavy atom. The Kier molecular flexibility index (Phi) is 3.65. The van der Waals surface area contributed by atoms with E-state index in [0.29, 0.717) is 0 Å². The molecule has 0 saturated heterocycles. The van der Waals surface area contributed by atoms with E-state index in [1.165, 1.54) is 6.92 Å². The maximum atomic E-state index is 11.4. The second kappa shape index (κ2) is 4.61. The number of sulfonamides is 1. The average molecular weight is 263 g/mol. The molecule has 10 heteroatoms. The summed E-state index contributed by atoms with van der Waals surface area (Å²) in [5.41, 5.74) is 0.0892. The molecule has 16 heavy (non-hydrogen) atoms. The molecule has 1 aromatic rings. The second-order valence-corrected chi connectivity index (χ2v) is 5.03. The van der Waals surface area contributed by atoms with Gasteiger partial charge in [-0.2, -0.15) is 0 Å². The van der Waals surface area contributed by atoms with E-state index in [0.717, 1.165) is 4.68 Å². The first-order valence-electron chi connectivity index (χ1n) is 3.97. The minimum absolute atomic E-state index is 0.0353. The van der Waals surface area contributed by atoms with E-state index in [1.54, 1.807) is 4.72 Å². The standard InChI is InChI=1S/C6H9N5O3S2/c1-4(2)5(12)8-16(13,14)3-11-6(15)7-9-10-11/h1,3H2,2H3,(H,8,12)(H,7,10,15). The highest BCUT2D eigenvalue weighted by Gasteiger charge is 2.17. The van der Waals surface area contributed by atoms with Crippen molar-refractivity contribution >= 4 is 28.6 Å². The smallest absolute Gasteiger partial charge is 0.259 e. The summed E-state index contributed by atoms with van der Waals surface area (Å²) in [4.78, 5) is 11.1. The van der Waals surface area contributed by atoms with Gasteiger partial charge < -0.3 is 0 Å². The van der Waals surface area contributed by atoms with Gasteiger partial charge in [0.15, 0.2) is 5.88 Å². The molecule has 1 N–H and O–H groups in total. The minimum Gasteiger partial charge on any atom is -0.269 e. The lowest BCUT2D eigenvalue weighted by Gasteiger charge is -2.06. The number of hydrogen-bond acceptors (Lipinski definition) is 7.